The standard InChI is InChI=1S/C11H14FN/c1-2-3-4-11(13)9-5-7-10(12)8-6-9/h5-8,13H,2-4H2,1H3. The minimum atomic E-state index is -0.243. The summed E-state index contributed by atoms with van der Waals surface area (Å²) in [5.74, 6) is -0.243. The van der Waals surface area contributed by atoms with Crippen molar-refractivity contribution in [2.45, 2.75) is 26.2 Å². The van der Waals surface area contributed by atoms with Gasteiger partial charge in [-0.05, 0) is 30.5 Å². The van der Waals surface area contributed by atoms with Gasteiger partial charge >= 0.3 is 0 Å². The molecule has 1 aromatic rings. The van der Waals surface area contributed by atoms with Crippen molar-refractivity contribution in [2.24, 2.45) is 0 Å². The molecule has 1 nitrogen and oxygen atoms in total. The van der Waals surface area contributed by atoms with Gasteiger partial charge in [0.05, 0.1) is 0 Å². The van der Waals surface area contributed by atoms with Gasteiger partial charge in [0.25, 0.3) is 0 Å². The number of unbranched alkanes of at least 4 members (excludes halogenated alkanes) is 1. The monoisotopic (exact) mass is 179 g/mol. The second kappa shape index (κ2) is 4.75. The third-order valence-electron chi connectivity index (χ3n) is 1.97. The average molecular weight is 179 g/mol. The molecule has 0 aliphatic heterocycles. The van der Waals surface area contributed by atoms with Crippen molar-refractivity contribution in [3.63, 3.8) is 0 Å². The topological polar surface area (TPSA) is 23.9 Å². The lowest BCUT2D eigenvalue weighted by atomic mass is 10.1. The smallest absolute Gasteiger partial charge is 0.123 e. The van der Waals surface area contributed by atoms with Gasteiger partial charge in [-0.25, -0.2) is 4.39 Å². The van der Waals surface area contributed by atoms with E-state index in [9.17, 15) is 4.39 Å². The van der Waals surface area contributed by atoms with Gasteiger partial charge in [0.1, 0.15) is 5.82 Å². The summed E-state index contributed by atoms with van der Waals surface area (Å²) in [6.45, 7) is 2.10. The molecule has 0 spiro atoms. The Bertz CT molecular complexity index is 277. The fourth-order valence-electron chi connectivity index (χ4n) is 1.15. The molecule has 0 aliphatic carbocycles. The summed E-state index contributed by atoms with van der Waals surface area (Å²) in [7, 11) is 0. The van der Waals surface area contributed by atoms with Gasteiger partial charge in [0.2, 0.25) is 0 Å². The van der Waals surface area contributed by atoms with E-state index in [0.29, 0.717) is 5.71 Å². The Hall–Kier alpha value is -1.18. The molecule has 0 aliphatic rings. The summed E-state index contributed by atoms with van der Waals surface area (Å²) in [5.41, 5.74) is 1.43. The van der Waals surface area contributed by atoms with Gasteiger partial charge in [-0.15, -0.1) is 0 Å². The number of benzene rings is 1. The predicted octanol–water partition coefficient (Wildman–Crippen LogP) is 3.38. The highest BCUT2D eigenvalue weighted by molar-refractivity contribution is 5.98. The first kappa shape index (κ1) is 9.90. The largest absolute Gasteiger partial charge is 0.305 e. The molecule has 1 rings (SSSR count). The van der Waals surface area contributed by atoms with Gasteiger partial charge in [0, 0.05) is 5.71 Å². The van der Waals surface area contributed by atoms with E-state index in [4.69, 9.17) is 5.41 Å². The third kappa shape index (κ3) is 2.98. The van der Waals surface area contributed by atoms with Gasteiger partial charge < -0.3 is 5.41 Å². The Labute approximate surface area is 78.1 Å². The molecular weight excluding hydrogens is 165 g/mol. The first-order valence-corrected chi connectivity index (χ1v) is 4.57. The van der Waals surface area contributed by atoms with Crippen LogP contribution in [0.25, 0.3) is 0 Å². The Morgan fingerprint density at radius 2 is 1.92 bits per heavy atom. The van der Waals surface area contributed by atoms with Crippen molar-refractivity contribution >= 4 is 5.71 Å². The van der Waals surface area contributed by atoms with Gasteiger partial charge in [-0.1, -0.05) is 25.5 Å². The summed E-state index contributed by atoms with van der Waals surface area (Å²) in [6, 6.07) is 6.12. The van der Waals surface area contributed by atoms with E-state index in [2.05, 4.69) is 6.92 Å². The Morgan fingerprint density at radius 1 is 1.31 bits per heavy atom. The quantitative estimate of drug-likeness (QED) is 0.685. The summed E-state index contributed by atoms with van der Waals surface area (Å²) in [6.07, 6.45) is 2.89. The van der Waals surface area contributed by atoms with Gasteiger partial charge in [-0.3, -0.25) is 0 Å². The van der Waals surface area contributed by atoms with Crippen LogP contribution >= 0.6 is 0 Å². The second-order valence-corrected chi connectivity index (χ2v) is 3.09. The van der Waals surface area contributed by atoms with E-state index >= 15 is 0 Å². The molecule has 0 unspecified atom stereocenters. The molecule has 13 heavy (non-hydrogen) atoms. The molecule has 0 saturated heterocycles. The van der Waals surface area contributed by atoms with E-state index in [1.807, 2.05) is 0 Å². The second-order valence-electron chi connectivity index (χ2n) is 3.09. The van der Waals surface area contributed by atoms with E-state index in [-0.39, 0.29) is 5.82 Å². The zero-order valence-electron chi connectivity index (χ0n) is 7.81. The van der Waals surface area contributed by atoms with Crippen molar-refractivity contribution in [3.8, 4) is 0 Å². The molecule has 0 amide bonds. The maximum Gasteiger partial charge on any atom is 0.123 e. The maximum absolute atomic E-state index is 12.5. The number of nitrogens with one attached hydrogen (secondary N) is 1. The minimum Gasteiger partial charge on any atom is -0.305 e. The third-order valence-corrected chi connectivity index (χ3v) is 1.97. The van der Waals surface area contributed by atoms with Crippen LogP contribution in [0.15, 0.2) is 24.3 Å². The molecule has 0 fully saturated rings. The van der Waals surface area contributed by atoms with Crippen LogP contribution in [0.4, 0.5) is 4.39 Å². The lowest BCUT2D eigenvalue weighted by Crippen LogP contribution is -1.98. The van der Waals surface area contributed by atoms with Crippen molar-refractivity contribution in [3.05, 3.63) is 35.6 Å². The van der Waals surface area contributed by atoms with Crippen molar-refractivity contribution in [1.29, 1.82) is 5.41 Å². The van der Waals surface area contributed by atoms with Crippen LogP contribution in [0.5, 0.6) is 0 Å². The van der Waals surface area contributed by atoms with Crippen LogP contribution in [0.1, 0.15) is 31.7 Å². The van der Waals surface area contributed by atoms with E-state index in [1.54, 1.807) is 12.1 Å². The van der Waals surface area contributed by atoms with Crippen molar-refractivity contribution in [2.75, 3.05) is 0 Å². The molecular formula is C11H14FN. The van der Waals surface area contributed by atoms with Crippen LogP contribution in [-0.2, 0) is 0 Å². The van der Waals surface area contributed by atoms with Crippen molar-refractivity contribution < 1.29 is 4.39 Å². The molecule has 2 heteroatoms. The van der Waals surface area contributed by atoms with Gasteiger partial charge in [-0.2, -0.15) is 0 Å². The Kier molecular flexibility index (Phi) is 3.62. The Balaban J connectivity index is 2.61. The number of hydrogen-bond acceptors (Lipinski definition) is 1. The maximum atomic E-state index is 12.5. The van der Waals surface area contributed by atoms with E-state index in [1.165, 1.54) is 12.1 Å². The number of rotatable bonds is 4. The zero-order valence-corrected chi connectivity index (χ0v) is 7.81. The molecule has 0 heterocycles. The molecule has 0 radical (unpaired) electrons. The molecule has 70 valence electrons. The molecule has 0 bridgehead atoms. The van der Waals surface area contributed by atoms with Crippen LogP contribution < -0.4 is 0 Å². The molecule has 0 aromatic heterocycles. The Morgan fingerprint density at radius 3 is 2.46 bits per heavy atom. The van der Waals surface area contributed by atoms with Gasteiger partial charge in [0.15, 0.2) is 0 Å². The lowest BCUT2D eigenvalue weighted by molar-refractivity contribution is 0.627. The average Bonchev–Trinajstić information content (AvgIpc) is 2.15. The summed E-state index contributed by atoms with van der Waals surface area (Å²) in [5, 5.41) is 7.68. The first-order valence-electron chi connectivity index (χ1n) is 4.57. The van der Waals surface area contributed by atoms with Crippen LogP contribution in [0, 0.1) is 11.2 Å². The normalized spacial score (nSPS) is 10.0. The van der Waals surface area contributed by atoms with Crippen LogP contribution in [0.2, 0.25) is 0 Å². The summed E-state index contributed by atoms with van der Waals surface area (Å²) >= 11 is 0. The van der Waals surface area contributed by atoms with Crippen LogP contribution in [0.3, 0.4) is 0 Å². The highest BCUT2D eigenvalue weighted by Crippen LogP contribution is 2.07. The minimum absolute atomic E-state index is 0.243. The van der Waals surface area contributed by atoms with E-state index in [0.717, 1.165) is 24.8 Å². The molecule has 1 N–H and O–H groups in total. The SMILES string of the molecule is CCCCC(=N)c1ccc(F)cc1. The lowest BCUT2D eigenvalue weighted by Gasteiger charge is -2.02. The fraction of sp³-hybridized carbons (Fsp3) is 0.364. The zero-order chi connectivity index (χ0) is 9.68. The summed E-state index contributed by atoms with van der Waals surface area (Å²) < 4.78 is 12.5. The van der Waals surface area contributed by atoms with Crippen LogP contribution in [-0.4, -0.2) is 5.71 Å². The van der Waals surface area contributed by atoms with E-state index < -0.39 is 0 Å². The molecule has 0 saturated carbocycles. The number of hydrogen-bond donors (Lipinski definition) is 1. The predicted molar refractivity (Wildman–Crippen MR) is 52.8 cm³/mol. The first-order chi connectivity index (χ1) is 6.24. The fourth-order valence-corrected chi connectivity index (χ4v) is 1.15. The molecule has 0 atom stereocenters. The summed E-state index contributed by atoms with van der Waals surface area (Å²) in [4.78, 5) is 0. The highest BCUT2D eigenvalue weighted by atomic mass is 19.1. The number of halogens is 1. The molecule has 1 aromatic carbocycles. The van der Waals surface area contributed by atoms with Crippen molar-refractivity contribution in [1.82, 2.24) is 0 Å². The highest BCUT2D eigenvalue weighted by Gasteiger charge is 2.00.